The molecule has 0 unspecified atom stereocenters. The molecule has 2 heterocycles. The summed E-state index contributed by atoms with van der Waals surface area (Å²) in [4.78, 5) is 23.3. The molecule has 1 amide bonds. The van der Waals surface area contributed by atoms with Crippen LogP contribution >= 0.6 is 0 Å². The van der Waals surface area contributed by atoms with Gasteiger partial charge in [0, 0.05) is 52.7 Å². The summed E-state index contributed by atoms with van der Waals surface area (Å²) < 4.78 is 5.24. The van der Waals surface area contributed by atoms with Gasteiger partial charge in [-0.3, -0.25) is 14.7 Å². The number of guanidine groups is 1. The molecular weight excluding hydrogens is 378 g/mol. The number of methoxy groups -OCH3 is 1. The third-order valence-corrected chi connectivity index (χ3v) is 6.13. The predicted octanol–water partition coefficient (Wildman–Crippen LogP) is 2.04. The van der Waals surface area contributed by atoms with Crippen molar-refractivity contribution in [3.63, 3.8) is 0 Å². The van der Waals surface area contributed by atoms with E-state index >= 15 is 0 Å². The smallest absolute Gasteiger partial charge is 0.219 e. The van der Waals surface area contributed by atoms with Gasteiger partial charge < -0.3 is 19.9 Å². The number of aliphatic imine (C=N–C) groups is 1. The lowest BCUT2D eigenvalue weighted by Gasteiger charge is -2.36. The molecule has 2 aliphatic heterocycles. The lowest BCUT2D eigenvalue weighted by atomic mass is 9.96. The SMILES string of the molecule is CCNC(=NCC1CCN(Cc2ccc(OC)cc2)CC1)N1CCN(C(C)=O)CC1. The minimum Gasteiger partial charge on any atom is -0.497 e. The van der Waals surface area contributed by atoms with E-state index in [0.29, 0.717) is 5.92 Å². The van der Waals surface area contributed by atoms with Crippen LogP contribution in [0.2, 0.25) is 0 Å². The van der Waals surface area contributed by atoms with E-state index in [1.165, 1.54) is 18.4 Å². The van der Waals surface area contributed by atoms with E-state index in [4.69, 9.17) is 9.73 Å². The van der Waals surface area contributed by atoms with Crippen molar-refractivity contribution in [2.24, 2.45) is 10.9 Å². The Morgan fingerprint density at radius 2 is 1.70 bits per heavy atom. The first-order valence-corrected chi connectivity index (χ1v) is 11.2. The number of likely N-dealkylation sites (tertiary alicyclic amines) is 1. The van der Waals surface area contributed by atoms with Gasteiger partial charge in [-0.15, -0.1) is 0 Å². The fourth-order valence-electron chi connectivity index (χ4n) is 4.19. The van der Waals surface area contributed by atoms with Crippen LogP contribution in [0.1, 0.15) is 32.3 Å². The van der Waals surface area contributed by atoms with E-state index in [1.54, 1.807) is 14.0 Å². The first-order valence-electron chi connectivity index (χ1n) is 11.2. The zero-order valence-corrected chi connectivity index (χ0v) is 18.8. The Kier molecular flexibility index (Phi) is 8.37. The summed E-state index contributed by atoms with van der Waals surface area (Å²) in [6, 6.07) is 8.39. The number of piperazine rings is 1. The quantitative estimate of drug-likeness (QED) is 0.569. The summed E-state index contributed by atoms with van der Waals surface area (Å²) in [6.45, 7) is 12.0. The van der Waals surface area contributed by atoms with Gasteiger partial charge in [-0.2, -0.15) is 0 Å². The highest BCUT2D eigenvalue weighted by Gasteiger charge is 2.22. The van der Waals surface area contributed by atoms with Gasteiger partial charge >= 0.3 is 0 Å². The highest BCUT2D eigenvalue weighted by atomic mass is 16.5. The van der Waals surface area contributed by atoms with Crippen molar-refractivity contribution in [3.05, 3.63) is 29.8 Å². The molecule has 2 fully saturated rings. The zero-order valence-electron chi connectivity index (χ0n) is 18.8. The van der Waals surface area contributed by atoms with Gasteiger partial charge in [0.2, 0.25) is 5.91 Å². The summed E-state index contributed by atoms with van der Waals surface area (Å²) in [7, 11) is 1.70. The molecule has 0 radical (unpaired) electrons. The Morgan fingerprint density at radius 1 is 1.07 bits per heavy atom. The van der Waals surface area contributed by atoms with E-state index in [0.717, 1.165) is 70.6 Å². The maximum Gasteiger partial charge on any atom is 0.219 e. The van der Waals surface area contributed by atoms with Gasteiger partial charge in [0.1, 0.15) is 5.75 Å². The van der Waals surface area contributed by atoms with E-state index in [-0.39, 0.29) is 5.91 Å². The molecule has 166 valence electrons. The zero-order chi connectivity index (χ0) is 21.3. The van der Waals surface area contributed by atoms with E-state index in [2.05, 4.69) is 34.2 Å². The number of rotatable bonds is 6. The molecule has 0 bridgehead atoms. The van der Waals surface area contributed by atoms with Gasteiger partial charge in [-0.05, 0) is 56.5 Å². The molecule has 0 spiro atoms. The highest BCUT2D eigenvalue weighted by molar-refractivity contribution is 5.80. The number of carbonyl (C=O) groups excluding carboxylic acids is 1. The summed E-state index contributed by atoms with van der Waals surface area (Å²) in [6.07, 6.45) is 2.38. The van der Waals surface area contributed by atoms with Crippen LogP contribution in [-0.2, 0) is 11.3 Å². The Morgan fingerprint density at radius 3 is 2.27 bits per heavy atom. The van der Waals surface area contributed by atoms with Crippen molar-refractivity contribution in [2.45, 2.75) is 33.2 Å². The maximum absolute atomic E-state index is 11.6. The number of hydrogen-bond acceptors (Lipinski definition) is 4. The van der Waals surface area contributed by atoms with Crippen molar-refractivity contribution >= 4 is 11.9 Å². The summed E-state index contributed by atoms with van der Waals surface area (Å²) >= 11 is 0. The van der Waals surface area contributed by atoms with Crippen LogP contribution in [0, 0.1) is 5.92 Å². The van der Waals surface area contributed by atoms with Crippen molar-refractivity contribution in [1.29, 1.82) is 0 Å². The molecular formula is C23H37N5O2. The Bertz CT molecular complexity index is 690. The van der Waals surface area contributed by atoms with Crippen LogP contribution in [0.15, 0.2) is 29.3 Å². The summed E-state index contributed by atoms with van der Waals surface area (Å²) in [5, 5.41) is 3.44. The van der Waals surface area contributed by atoms with Crippen molar-refractivity contribution in [3.8, 4) is 5.75 Å². The molecule has 3 rings (SSSR count). The first kappa shape index (κ1) is 22.4. The minimum absolute atomic E-state index is 0.165. The molecule has 7 heteroatoms. The summed E-state index contributed by atoms with van der Waals surface area (Å²) in [5.74, 6) is 2.72. The molecule has 1 aromatic rings. The van der Waals surface area contributed by atoms with E-state index in [9.17, 15) is 4.79 Å². The molecule has 2 saturated heterocycles. The standard InChI is InChI=1S/C23H37N5O2/c1-4-24-23(28-15-13-27(14-16-28)19(2)29)25-17-20-9-11-26(12-10-20)18-21-5-7-22(30-3)8-6-21/h5-8,20H,4,9-18H2,1-3H3,(H,24,25). The summed E-state index contributed by atoms with van der Waals surface area (Å²) in [5.41, 5.74) is 1.34. The lowest BCUT2D eigenvalue weighted by molar-refractivity contribution is -0.130. The van der Waals surface area contributed by atoms with Gasteiger partial charge in [0.25, 0.3) is 0 Å². The molecule has 1 N–H and O–H groups in total. The van der Waals surface area contributed by atoms with Crippen molar-refractivity contribution in [2.75, 3.05) is 59.5 Å². The third kappa shape index (κ3) is 6.36. The molecule has 30 heavy (non-hydrogen) atoms. The van der Waals surface area contributed by atoms with Gasteiger partial charge in [0.05, 0.1) is 7.11 Å². The number of hydrogen-bond donors (Lipinski definition) is 1. The molecule has 2 aliphatic rings. The van der Waals surface area contributed by atoms with Crippen molar-refractivity contribution in [1.82, 2.24) is 20.0 Å². The Hall–Kier alpha value is -2.28. The molecule has 0 aliphatic carbocycles. The predicted molar refractivity (Wildman–Crippen MR) is 121 cm³/mol. The second-order valence-electron chi connectivity index (χ2n) is 8.26. The molecule has 0 aromatic heterocycles. The number of carbonyl (C=O) groups is 1. The monoisotopic (exact) mass is 415 g/mol. The average Bonchev–Trinajstić information content (AvgIpc) is 2.78. The Labute approximate surface area is 181 Å². The van der Waals surface area contributed by atoms with Crippen LogP contribution in [0.4, 0.5) is 0 Å². The minimum atomic E-state index is 0.165. The topological polar surface area (TPSA) is 60.4 Å². The van der Waals surface area contributed by atoms with Crippen LogP contribution in [-0.4, -0.2) is 86.0 Å². The van der Waals surface area contributed by atoms with Crippen LogP contribution < -0.4 is 10.1 Å². The third-order valence-electron chi connectivity index (χ3n) is 6.13. The maximum atomic E-state index is 11.6. The fourth-order valence-corrected chi connectivity index (χ4v) is 4.19. The Balaban J connectivity index is 1.45. The number of benzene rings is 1. The number of piperidine rings is 1. The largest absolute Gasteiger partial charge is 0.497 e. The van der Waals surface area contributed by atoms with E-state index in [1.807, 2.05) is 17.0 Å². The van der Waals surface area contributed by atoms with Crippen LogP contribution in [0.3, 0.4) is 0 Å². The first-order chi connectivity index (χ1) is 14.6. The van der Waals surface area contributed by atoms with Gasteiger partial charge in [-0.1, -0.05) is 12.1 Å². The average molecular weight is 416 g/mol. The number of amides is 1. The molecule has 0 saturated carbocycles. The van der Waals surface area contributed by atoms with Crippen LogP contribution in [0.5, 0.6) is 5.75 Å². The van der Waals surface area contributed by atoms with Gasteiger partial charge in [-0.25, -0.2) is 0 Å². The molecule has 1 aromatic carbocycles. The number of nitrogens with zero attached hydrogens (tertiary/aromatic N) is 4. The fraction of sp³-hybridized carbons (Fsp3) is 0.652. The highest BCUT2D eigenvalue weighted by Crippen LogP contribution is 2.20. The lowest BCUT2D eigenvalue weighted by Crippen LogP contribution is -2.53. The van der Waals surface area contributed by atoms with Crippen molar-refractivity contribution < 1.29 is 9.53 Å². The molecule has 0 atom stereocenters. The number of nitrogens with one attached hydrogen (secondary N) is 1. The molecule has 7 nitrogen and oxygen atoms in total. The normalized spacial score (nSPS) is 19.1. The second kappa shape index (κ2) is 11.2. The van der Waals surface area contributed by atoms with E-state index < -0.39 is 0 Å². The number of ether oxygens (including phenoxy) is 1. The van der Waals surface area contributed by atoms with Crippen LogP contribution in [0.25, 0.3) is 0 Å². The second-order valence-corrected chi connectivity index (χ2v) is 8.26. The van der Waals surface area contributed by atoms with Gasteiger partial charge in [0.15, 0.2) is 5.96 Å².